The molecule has 1 fully saturated rings. The monoisotopic (exact) mass is 350 g/mol. The summed E-state index contributed by atoms with van der Waals surface area (Å²) in [6.07, 6.45) is 12.3. The molecule has 0 spiro atoms. The van der Waals surface area contributed by atoms with Crippen LogP contribution in [0.4, 0.5) is 5.82 Å². The van der Waals surface area contributed by atoms with Crippen molar-refractivity contribution in [3.63, 3.8) is 0 Å². The third-order valence-corrected chi connectivity index (χ3v) is 5.98. The van der Waals surface area contributed by atoms with Gasteiger partial charge < -0.3 is 10.6 Å². The van der Waals surface area contributed by atoms with E-state index in [1.807, 2.05) is 6.20 Å². The summed E-state index contributed by atoms with van der Waals surface area (Å²) < 4.78 is 0. The number of hydrogen-bond acceptors (Lipinski definition) is 4. The SMILES string of the molecule is C#CC1=C(C2CCNCC2)Nc2n[nH]cc2C1c1ccccc1SC. The Hall–Kier alpha value is -2.16. The van der Waals surface area contributed by atoms with E-state index in [-0.39, 0.29) is 5.92 Å². The molecule has 0 saturated carbocycles. The van der Waals surface area contributed by atoms with E-state index in [4.69, 9.17) is 6.42 Å². The molecule has 2 aromatic rings. The number of anilines is 1. The Balaban J connectivity index is 1.87. The summed E-state index contributed by atoms with van der Waals surface area (Å²) in [5.41, 5.74) is 4.64. The van der Waals surface area contributed by atoms with Crippen molar-refractivity contribution in [1.82, 2.24) is 15.5 Å². The van der Waals surface area contributed by atoms with Crippen LogP contribution in [0.15, 0.2) is 46.6 Å². The van der Waals surface area contributed by atoms with Crippen LogP contribution in [0.1, 0.15) is 29.9 Å². The van der Waals surface area contributed by atoms with Crippen molar-refractivity contribution in [2.45, 2.75) is 23.7 Å². The Labute approximate surface area is 152 Å². The third kappa shape index (κ3) is 2.86. The molecule has 1 saturated heterocycles. The average molecular weight is 350 g/mol. The van der Waals surface area contributed by atoms with Crippen molar-refractivity contribution in [3.8, 4) is 12.3 Å². The van der Waals surface area contributed by atoms with Gasteiger partial charge in [0.25, 0.3) is 0 Å². The maximum atomic E-state index is 6.04. The number of allylic oxidation sites excluding steroid dienone is 2. The van der Waals surface area contributed by atoms with Gasteiger partial charge in [0.1, 0.15) is 0 Å². The molecule has 25 heavy (non-hydrogen) atoms. The highest BCUT2D eigenvalue weighted by Crippen LogP contribution is 2.45. The van der Waals surface area contributed by atoms with Crippen LogP contribution < -0.4 is 10.6 Å². The van der Waals surface area contributed by atoms with Crippen molar-refractivity contribution in [3.05, 3.63) is 52.9 Å². The van der Waals surface area contributed by atoms with Crippen LogP contribution in [0.25, 0.3) is 0 Å². The van der Waals surface area contributed by atoms with E-state index in [1.165, 1.54) is 16.2 Å². The normalized spacial score (nSPS) is 20.7. The maximum Gasteiger partial charge on any atom is 0.156 e. The first-order valence-electron chi connectivity index (χ1n) is 8.68. The summed E-state index contributed by atoms with van der Waals surface area (Å²) in [6, 6.07) is 8.53. The number of benzene rings is 1. The molecule has 0 amide bonds. The standard InChI is InChI=1S/C20H22N4S/c1-3-14-18(15-6-4-5-7-17(15)25-2)16-12-22-24-20(16)23-19(14)13-8-10-21-11-9-13/h1,4-7,12-13,18,21H,8-11H2,2H3,(H2,22,23,24). The van der Waals surface area contributed by atoms with E-state index in [2.05, 4.69) is 57.3 Å². The molecule has 3 heterocycles. The molecule has 1 aromatic heterocycles. The first-order chi connectivity index (χ1) is 12.3. The number of aromatic nitrogens is 2. The molecule has 1 aromatic carbocycles. The number of nitrogens with one attached hydrogen (secondary N) is 3. The van der Waals surface area contributed by atoms with E-state index >= 15 is 0 Å². The van der Waals surface area contributed by atoms with Crippen LogP contribution in [0.2, 0.25) is 0 Å². The van der Waals surface area contributed by atoms with Crippen molar-refractivity contribution in [1.29, 1.82) is 0 Å². The highest BCUT2D eigenvalue weighted by Gasteiger charge is 2.34. The van der Waals surface area contributed by atoms with Gasteiger partial charge in [0, 0.05) is 39.8 Å². The summed E-state index contributed by atoms with van der Waals surface area (Å²) in [5, 5.41) is 14.4. The summed E-state index contributed by atoms with van der Waals surface area (Å²) in [7, 11) is 0. The number of nitrogens with zero attached hydrogens (tertiary/aromatic N) is 1. The van der Waals surface area contributed by atoms with Crippen molar-refractivity contribution in [2.75, 3.05) is 24.7 Å². The molecule has 5 heteroatoms. The van der Waals surface area contributed by atoms with Gasteiger partial charge in [-0.1, -0.05) is 24.1 Å². The molecule has 128 valence electrons. The van der Waals surface area contributed by atoms with Gasteiger partial charge in [0.2, 0.25) is 0 Å². The fourth-order valence-corrected chi connectivity index (χ4v) is 4.58. The molecule has 0 bridgehead atoms. The van der Waals surface area contributed by atoms with Gasteiger partial charge in [-0.25, -0.2) is 0 Å². The minimum absolute atomic E-state index is 0.0635. The van der Waals surface area contributed by atoms with Gasteiger partial charge in [0.15, 0.2) is 5.82 Å². The number of hydrogen-bond donors (Lipinski definition) is 3. The number of H-pyrrole nitrogens is 1. The summed E-state index contributed by atoms with van der Waals surface area (Å²) in [4.78, 5) is 1.26. The largest absolute Gasteiger partial charge is 0.341 e. The number of rotatable bonds is 3. The third-order valence-electron chi connectivity index (χ3n) is 5.17. The number of fused-ring (bicyclic) bond motifs is 1. The predicted octanol–water partition coefficient (Wildman–Crippen LogP) is 3.58. The molecular formula is C20H22N4S. The van der Waals surface area contributed by atoms with Gasteiger partial charge >= 0.3 is 0 Å². The number of piperidine rings is 1. The zero-order valence-corrected chi connectivity index (χ0v) is 15.1. The second-order valence-electron chi connectivity index (χ2n) is 6.49. The highest BCUT2D eigenvalue weighted by atomic mass is 32.2. The van der Waals surface area contributed by atoms with Gasteiger partial charge in [-0.05, 0) is 43.8 Å². The van der Waals surface area contributed by atoms with Crippen LogP contribution >= 0.6 is 11.8 Å². The molecule has 0 radical (unpaired) electrons. The Bertz CT molecular complexity index is 839. The zero-order valence-electron chi connectivity index (χ0n) is 14.3. The average Bonchev–Trinajstić information content (AvgIpc) is 3.15. The van der Waals surface area contributed by atoms with Crippen LogP contribution in [0.5, 0.6) is 0 Å². The molecule has 2 aliphatic rings. The fraction of sp³-hybridized carbons (Fsp3) is 0.350. The highest BCUT2D eigenvalue weighted by molar-refractivity contribution is 7.98. The van der Waals surface area contributed by atoms with Crippen molar-refractivity contribution in [2.24, 2.45) is 5.92 Å². The van der Waals surface area contributed by atoms with Crippen molar-refractivity contribution < 1.29 is 0 Å². The first kappa shape index (κ1) is 16.3. The van der Waals surface area contributed by atoms with Crippen LogP contribution in [0, 0.1) is 18.3 Å². The Morgan fingerprint density at radius 2 is 2.00 bits per heavy atom. The second kappa shape index (κ2) is 6.99. The maximum absolute atomic E-state index is 6.04. The molecule has 2 aliphatic heterocycles. The molecule has 0 aliphatic carbocycles. The lowest BCUT2D eigenvalue weighted by Crippen LogP contribution is -2.32. The van der Waals surface area contributed by atoms with E-state index in [0.29, 0.717) is 5.92 Å². The number of thioether (sulfide) groups is 1. The molecule has 1 atom stereocenters. The summed E-state index contributed by atoms with van der Waals surface area (Å²) >= 11 is 1.76. The number of terminal acetylenes is 1. The predicted molar refractivity (Wildman–Crippen MR) is 104 cm³/mol. The van der Waals surface area contributed by atoms with Gasteiger partial charge in [-0.3, -0.25) is 5.10 Å². The second-order valence-corrected chi connectivity index (χ2v) is 7.33. The lowest BCUT2D eigenvalue weighted by Gasteiger charge is -2.33. The molecule has 4 rings (SSSR count). The van der Waals surface area contributed by atoms with Crippen LogP contribution in [-0.4, -0.2) is 29.5 Å². The van der Waals surface area contributed by atoms with E-state index in [0.717, 1.165) is 42.9 Å². The minimum Gasteiger partial charge on any atom is -0.341 e. The Morgan fingerprint density at radius 3 is 2.76 bits per heavy atom. The number of aromatic amines is 1. The zero-order chi connectivity index (χ0) is 17.2. The van der Waals surface area contributed by atoms with Gasteiger partial charge in [0.05, 0.1) is 0 Å². The van der Waals surface area contributed by atoms with E-state index in [9.17, 15) is 0 Å². The quantitative estimate of drug-likeness (QED) is 0.585. The Morgan fingerprint density at radius 1 is 1.20 bits per heavy atom. The molecule has 4 nitrogen and oxygen atoms in total. The molecule has 3 N–H and O–H groups in total. The molecular weight excluding hydrogens is 328 g/mol. The fourth-order valence-electron chi connectivity index (χ4n) is 3.95. The molecule has 1 unspecified atom stereocenters. The summed E-state index contributed by atoms with van der Waals surface area (Å²) in [6.45, 7) is 2.07. The topological polar surface area (TPSA) is 52.7 Å². The van der Waals surface area contributed by atoms with Crippen molar-refractivity contribution >= 4 is 17.6 Å². The van der Waals surface area contributed by atoms with Crippen LogP contribution in [0.3, 0.4) is 0 Å². The lowest BCUT2D eigenvalue weighted by atomic mass is 9.79. The van der Waals surface area contributed by atoms with E-state index < -0.39 is 0 Å². The lowest BCUT2D eigenvalue weighted by molar-refractivity contribution is 0.418. The van der Waals surface area contributed by atoms with Crippen LogP contribution in [-0.2, 0) is 0 Å². The summed E-state index contributed by atoms with van der Waals surface area (Å²) in [5.74, 6) is 4.46. The first-order valence-corrected chi connectivity index (χ1v) is 9.91. The Kier molecular flexibility index (Phi) is 4.56. The minimum atomic E-state index is 0.0635. The van der Waals surface area contributed by atoms with Gasteiger partial charge in [-0.15, -0.1) is 18.2 Å². The van der Waals surface area contributed by atoms with E-state index in [1.54, 1.807) is 11.8 Å². The smallest absolute Gasteiger partial charge is 0.156 e. The van der Waals surface area contributed by atoms with Gasteiger partial charge in [-0.2, -0.15) is 5.10 Å².